The third-order valence-electron chi connectivity index (χ3n) is 5.43. The number of piperidine rings is 1. The molecule has 2 aliphatic rings. The quantitative estimate of drug-likeness (QED) is 0.228. The normalized spacial score (nSPS) is 21.9. The Kier molecular flexibility index (Phi) is 10.3. The highest BCUT2D eigenvalue weighted by Gasteiger charge is 2.43. The average Bonchev–Trinajstić information content (AvgIpc) is 3.68. The van der Waals surface area contributed by atoms with Crippen LogP contribution in [0.25, 0.3) is 0 Å². The molecular weight excluding hydrogens is 497 g/mol. The van der Waals surface area contributed by atoms with Gasteiger partial charge in [-0.05, 0) is 65.5 Å². The van der Waals surface area contributed by atoms with Gasteiger partial charge in [-0.25, -0.2) is 0 Å². The van der Waals surface area contributed by atoms with E-state index in [4.69, 9.17) is 23.2 Å². The Bertz CT molecular complexity index is 984. The summed E-state index contributed by atoms with van der Waals surface area (Å²) in [7, 11) is 3.10. The fraction of sp³-hybridized carbons (Fsp3) is 0.417. The molecule has 1 aliphatic heterocycles. The van der Waals surface area contributed by atoms with E-state index in [9.17, 15) is 9.59 Å². The first kappa shape index (κ1) is 26.2. The number of ketones is 1. The molecule has 1 saturated heterocycles. The maximum Gasteiger partial charge on any atom is 0.157 e. The average molecular weight is 525 g/mol. The van der Waals surface area contributed by atoms with Crippen molar-refractivity contribution >= 4 is 56.9 Å². The first-order valence-corrected chi connectivity index (χ1v) is 14.0. The predicted octanol–water partition coefficient (Wildman–Crippen LogP) is 6.30. The molecule has 33 heavy (non-hydrogen) atoms. The minimum atomic E-state index is -0.405. The smallest absolute Gasteiger partial charge is 0.157 e. The molecule has 0 radical (unpaired) electrons. The van der Waals surface area contributed by atoms with Gasteiger partial charge in [0.15, 0.2) is 10.9 Å². The van der Waals surface area contributed by atoms with E-state index in [0.29, 0.717) is 16.7 Å². The fourth-order valence-corrected chi connectivity index (χ4v) is 6.52. The Hall–Kier alpha value is -1.38. The monoisotopic (exact) mass is 523 g/mol. The Morgan fingerprint density at radius 2 is 1.88 bits per heavy atom. The maximum absolute atomic E-state index is 13.3. The van der Waals surface area contributed by atoms with E-state index in [-0.39, 0.29) is 17.0 Å². The number of Topliss-reactive ketones (excluding diaryl/α,β-unsaturated/α-hetero) is 1. The number of aldehydes is 1. The van der Waals surface area contributed by atoms with E-state index in [1.807, 2.05) is 44.2 Å². The van der Waals surface area contributed by atoms with Gasteiger partial charge in [0.05, 0.1) is 6.04 Å². The molecule has 4 rings (SSSR count). The molecule has 2 unspecified atom stereocenters. The molecule has 1 aromatic heterocycles. The van der Waals surface area contributed by atoms with E-state index in [0.717, 1.165) is 48.3 Å². The summed E-state index contributed by atoms with van der Waals surface area (Å²) in [6.07, 6.45) is 5.04. The molecule has 2 heterocycles. The lowest BCUT2D eigenvalue weighted by Gasteiger charge is -2.40. The zero-order valence-corrected chi connectivity index (χ0v) is 21.8. The number of likely N-dealkylation sites (tertiary alicyclic amines) is 1. The Morgan fingerprint density at radius 3 is 2.52 bits per heavy atom. The van der Waals surface area contributed by atoms with Crippen molar-refractivity contribution in [3.63, 3.8) is 0 Å². The molecule has 5 nitrogen and oxygen atoms in total. The third kappa shape index (κ3) is 7.06. The molecule has 2 aromatic rings. The predicted molar refractivity (Wildman–Crippen MR) is 138 cm³/mol. The molecule has 0 spiro atoms. The van der Waals surface area contributed by atoms with Crippen LogP contribution in [0.2, 0.25) is 10.2 Å². The van der Waals surface area contributed by atoms with Crippen molar-refractivity contribution in [2.75, 3.05) is 6.54 Å². The second kappa shape index (κ2) is 12.9. The third-order valence-corrected chi connectivity index (χ3v) is 8.72. The number of benzene rings is 1. The summed E-state index contributed by atoms with van der Waals surface area (Å²) < 4.78 is 0. The van der Waals surface area contributed by atoms with Gasteiger partial charge in [0.1, 0.15) is 11.3 Å². The van der Waals surface area contributed by atoms with Gasteiger partial charge in [-0.1, -0.05) is 66.0 Å². The Balaban J connectivity index is 0.00000149. The topological polar surface area (TPSA) is 63.2 Å². The molecule has 9 heteroatoms. The standard InChI is InChI=1S/C22H21Cl2N3O2S2.C2H6/c23-17-4-2-1-3-15(17)13-27-11-9-18(30-31-20-8-7-19(24)25-26-20)16(10-12-28)21(27)22(29)14-5-6-14;1-2/h1-4,7-8,10,12,14,18,21H,5-6,9,11,13H2;1-2H3/b16-10+;. The summed E-state index contributed by atoms with van der Waals surface area (Å²) >= 11 is 12.2. The summed E-state index contributed by atoms with van der Waals surface area (Å²) in [5.74, 6) is 0.300. The summed E-state index contributed by atoms with van der Waals surface area (Å²) in [5.41, 5.74) is 1.85. The number of carbonyl (C=O) groups excluding carboxylic acids is 2. The first-order valence-electron chi connectivity index (χ1n) is 11.1. The van der Waals surface area contributed by atoms with Gasteiger partial charge in [-0.15, -0.1) is 10.2 Å². The lowest BCUT2D eigenvalue weighted by atomic mass is 9.89. The number of allylic oxidation sites excluding steroid dienone is 1. The first-order chi connectivity index (χ1) is 16.1. The SMILES string of the molecule is CC.O=C/C=C1\C(SSc2ccc(Cl)nn2)CCN(Cc2ccccc2Cl)C1C(=O)C1CC1. The zero-order chi connectivity index (χ0) is 23.8. The van der Waals surface area contributed by atoms with Crippen LogP contribution in [0.1, 0.15) is 38.7 Å². The summed E-state index contributed by atoms with van der Waals surface area (Å²) in [6, 6.07) is 10.8. The number of rotatable bonds is 8. The summed E-state index contributed by atoms with van der Waals surface area (Å²) in [4.78, 5) is 27.0. The zero-order valence-electron chi connectivity index (χ0n) is 18.6. The lowest BCUT2D eigenvalue weighted by molar-refractivity contribution is -0.125. The van der Waals surface area contributed by atoms with Crippen LogP contribution in [-0.2, 0) is 16.1 Å². The molecule has 1 aliphatic carbocycles. The molecule has 0 amide bonds. The van der Waals surface area contributed by atoms with Gasteiger partial charge in [-0.2, -0.15) is 0 Å². The van der Waals surface area contributed by atoms with Crippen molar-refractivity contribution in [3.8, 4) is 0 Å². The van der Waals surface area contributed by atoms with Crippen LogP contribution in [-0.4, -0.2) is 45.0 Å². The van der Waals surface area contributed by atoms with Crippen molar-refractivity contribution < 1.29 is 9.59 Å². The van der Waals surface area contributed by atoms with Crippen molar-refractivity contribution in [2.45, 2.75) is 56.0 Å². The van der Waals surface area contributed by atoms with Crippen LogP contribution in [0.5, 0.6) is 0 Å². The molecule has 2 atom stereocenters. The second-order valence-electron chi connectivity index (χ2n) is 7.59. The molecule has 1 saturated carbocycles. The van der Waals surface area contributed by atoms with Crippen LogP contribution in [0, 0.1) is 5.92 Å². The number of hydrogen-bond donors (Lipinski definition) is 0. The van der Waals surface area contributed by atoms with Gasteiger partial charge in [0.25, 0.3) is 0 Å². The van der Waals surface area contributed by atoms with Gasteiger partial charge in [-0.3, -0.25) is 14.5 Å². The van der Waals surface area contributed by atoms with Crippen molar-refractivity contribution in [1.29, 1.82) is 0 Å². The summed E-state index contributed by atoms with van der Waals surface area (Å²) in [5, 5.41) is 9.77. The minimum Gasteiger partial charge on any atom is -0.299 e. The Labute approximate surface area is 213 Å². The van der Waals surface area contributed by atoms with Crippen LogP contribution >= 0.6 is 44.8 Å². The van der Waals surface area contributed by atoms with Gasteiger partial charge < -0.3 is 0 Å². The molecular formula is C24H27Cl2N3O2S2. The molecule has 176 valence electrons. The Morgan fingerprint density at radius 1 is 1.12 bits per heavy atom. The maximum atomic E-state index is 13.3. The van der Waals surface area contributed by atoms with E-state index in [1.165, 1.54) is 10.8 Å². The van der Waals surface area contributed by atoms with Crippen molar-refractivity contribution in [2.24, 2.45) is 5.92 Å². The molecule has 0 N–H and O–H groups in total. The van der Waals surface area contributed by atoms with Crippen LogP contribution in [0.15, 0.2) is 53.1 Å². The van der Waals surface area contributed by atoms with E-state index >= 15 is 0 Å². The number of halogens is 2. The molecule has 0 bridgehead atoms. The van der Waals surface area contributed by atoms with E-state index < -0.39 is 6.04 Å². The largest absolute Gasteiger partial charge is 0.299 e. The van der Waals surface area contributed by atoms with Gasteiger partial charge in [0, 0.05) is 29.3 Å². The van der Waals surface area contributed by atoms with E-state index in [2.05, 4.69) is 15.1 Å². The van der Waals surface area contributed by atoms with Gasteiger partial charge >= 0.3 is 0 Å². The second-order valence-corrected chi connectivity index (χ2v) is 10.8. The highest BCUT2D eigenvalue weighted by atomic mass is 35.5. The number of nitrogens with zero attached hydrogens (tertiary/aromatic N) is 3. The van der Waals surface area contributed by atoms with Crippen molar-refractivity contribution in [1.82, 2.24) is 15.1 Å². The van der Waals surface area contributed by atoms with Gasteiger partial charge in [0.2, 0.25) is 0 Å². The number of carbonyl (C=O) groups is 2. The summed E-state index contributed by atoms with van der Waals surface area (Å²) in [6.45, 7) is 5.32. The van der Waals surface area contributed by atoms with Crippen LogP contribution < -0.4 is 0 Å². The van der Waals surface area contributed by atoms with Crippen LogP contribution in [0.3, 0.4) is 0 Å². The van der Waals surface area contributed by atoms with Crippen LogP contribution in [0.4, 0.5) is 0 Å². The lowest BCUT2D eigenvalue weighted by Crippen LogP contribution is -2.50. The number of aromatic nitrogens is 2. The fourth-order valence-electron chi connectivity index (χ4n) is 3.75. The highest BCUT2D eigenvalue weighted by Crippen LogP contribution is 2.44. The van der Waals surface area contributed by atoms with Crippen molar-refractivity contribution in [3.05, 3.63) is 63.8 Å². The molecule has 2 fully saturated rings. The molecule has 1 aromatic carbocycles. The minimum absolute atomic E-state index is 0.0304. The number of hydrogen-bond acceptors (Lipinski definition) is 7. The van der Waals surface area contributed by atoms with E-state index in [1.54, 1.807) is 22.9 Å². The highest BCUT2D eigenvalue weighted by molar-refractivity contribution is 8.77.